The molecule has 0 saturated heterocycles. The number of nitrogens with two attached hydrogens (primary N) is 2. The standard InChI is InChI=1S/C11H17N5O3/c12-10(13)16(11(14)15)7-1-3-9(4-2-7)19-6-8(18)5-17/h1-4,8,17-18H,5-6H2,(H3,12,13)(H3,14,15)/t8-/m0/s1. The highest BCUT2D eigenvalue weighted by molar-refractivity contribution is 6.14. The second kappa shape index (κ2) is 6.57. The Labute approximate surface area is 110 Å². The molecule has 104 valence electrons. The molecule has 0 aliphatic rings. The van der Waals surface area contributed by atoms with Crippen LogP contribution in [0.5, 0.6) is 5.75 Å². The maximum Gasteiger partial charge on any atom is 0.200 e. The van der Waals surface area contributed by atoms with E-state index < -0.39 is 6.10 Å². The molecule has 0 radical (unpaired) electrons. The fourth-order valence-electron chi connectivity index (χ4n) is 1.34. The quantitative estimate of drug-likeness (QED) is 0.297. The van der Waals surface area contributed by atoms with Gasteiger partial charge in [-0.15, -0.1) is 0 Å². The van der Waals surface area contributed by atoms with Gasteiger partial charge >= 0.3 is 0 Å². The molecule has 8 N–H and O–H groups in total. The van der Waals surface area contributed by atoms with Crippen LogP contribution in [0, 0.1) is 10.8 Å². The van der Waals surface area contributed by atoms with Crippen molar-refractivity contribution >= 4 is 17.6 Å². The summed E-state index contributed by atoms with van der Waals surface area (Å²) in [5.74, 6) is -0.253. The highest BCUT2D eigenvalue weighted by Crippen LogP contribution is 2.19. The van der Waals surface area contributed by atoms with Gasteiger partial charge in [0, 0.05) is 0 Å². The van der Waals surface area contributed by atoms with Gasteiger partial charge < -0.3 is 26.4 Å². The fraction of sp³-hybridized carbons (Fsp3) is 0.273. The summed E-state index contributed by atoms with van der Waals surface area (Å²) in [5.41, 5.74) is 11.1. The number of nitrogens with zero attached hydrogens (tertiary/aromatic N) is 1. The first kappa shape index (κ1) is 14.7. The lowest BCUT2D eigenvalue weighted by molar-refractivity contribution is 0.0536. The van der Waals surface area contributed by atoms with Gasteiger partial charge in [0.05, 0.1) is 12.3 Å². The molecule has 8 heteroatoms. The van der Waals surface area contributed by atoms with Crippen molar-refractivity contribution < 1.29 is 14.9 Å². The number of anilines is 1. The topological polar surface area (TPSA) is 153 Å². The average Bonchev–Trinajstić information content (AvgIpc) is 2.36. The molecule has 0 aliphatic carbocycles. The van der Waals surface area contributed by atoms with Crippen molar-refractivity contribution in [3.05, 3.63) is 24.3 Å². The van der Waals surface area contributed by atoms with Crippen LogP contribution in [0.1, 0.15) is 0 Å². The maximum absolute atomic E-state index is 9.14. The molecule has 8 nitrogen and oxygen atoms in total. The van der Waals surface area contributed by atoms with E-state index in [2.05, 4.69) is 0 Å². The van der Waals surface area contributed by atoms with Gasteiger partial charge in [-0.2, -0.15) is 0 Å². The lowest BCUT2D eigenvalue weighted by atomic mass is 10.3. The molecular formula is C11H17N5O3. The van der Waals surface area contributed by atoms with Crippen LogP contribution >= 0.6 is 0 Å². The zero-order valence-electron chi connectivity index (χ0n) is 10.2. The van der Waals surface area contributed by atoms with E-state index in [0.717, 1.165) is 4.90 Å². The fourth-order valence-corrected chi connectivity index (χ4v) is 1.34. The first-order valence-corrected chi connectivity index (χ1v) is 5.45. The van der Waals surface area contributed by atoms with Crippen LogP contribution in [0.3, 0.4) is 0 Å². The Kier molecular flexibility index (Phi) is 5.10. The van der Waals surface area contributed by atoms with Crippen LogP contribution in [-0.4, -0.2) is 41.4 Å². The highest BCUT2D eigenvalue weighted by atomic mass is 16.5. The smallest absolute Gasteiger partial charge is 0.200 e. The Morgan fingerprint density at radius 1 is 1.21 bits per heavy atom. The van der Waals surface area contributed by atoms with Crippen molar-refractivity contribution in [2.75, 3.05) is 18.1 Å². The van der Waals surface area contributed by atoms with Crippen LogP contribution in [-0.2, 0) is 0 Å². The van der Waals surface area contributed by atoms with Gasteiger partial charge in [-0.3, -0.25) is 15.7 Å². The highest BCUT2D eigenvalue weighted by Gasteiger charge is 2.12. The molecule has 0 aromatic heterocycles. The van der Waals surface area contributed by atoms with Crippen molar-refractivity contribution in [2.45, 2.75) is 6.10 Å². The van der Waals surface area contributed by atoms with Gasteiger partial charge in [0.2, 0.25) is 0 Å². The molecule has 1 rings (SSSR count). The van der Waals surface area contributed by atoms with Crippen molar-refractivity contribution in [3.8, 4) is 5.75 Å². The second-order valence-corrected chi connectivity index (χ2v) is 3.75. The van der Waals surface area contributed by atoms with E-state index in [-0.39, 0.29) is 25.1 Å². The predicted molar refractivity (Wildman–Crippen MR) is 71.3 cm³/mol. The SMILES string of the molecule is N=C(N)N(C(=N)N)c1ccc(OC[C@@H](O)CO)cc1. The van der Waals surface area contributed by atoms with E-state index in [9.17, 15) is 0 Å². The second-order valence-electron chi connectivity index (χ2n) is 3.75. The third kappa shape index (κ3) is 4.12. The van der Waals surface area contributed by atoms with Gasteiger partial charge in [-0.25, -0.2) is 0 Å². The van der Waals surface area contributed by atoms with E-state index in [1.165, 1.54) is 0 Å². The Balaban J connectivity index is 2.75. The molecular weight excluding hydrogens is 250 g/mol. The summed E-state index contributed by atoms with van der Waals surface area (Å²) in [6.45, 7) is -0.403. The lowest BCUT2D eigenvalue weighted by Crippen LogP contribution is -2.45. The van der Waals surface area contributed by atoms with Crippen LogP contribution in [0.4, 0.5) is 5.69 Å². The first-order chi connectivity index (χ1) is 8.95. The number of ether oxygens (including phenoxy) is 1. The molecule has 0 amide bonds. The average molecular weight is 267 g/mol. The summed E-state index contributed by atoms with van der Waals surface area (Å²) in [4.78, 5) is 1.05. The molecule has 0 aliphatic heterocycles. The molecule has 0 bridgehead atoms. The number of aliphatic hydroxyl groups is 2. The van der Waals surface area contributed by atoms with E-state index >= 15 is 0 Å². The first-order valence-electron chi connectivity index (χ1n) is 5.45. The summed E-state index contributed by atoms with van der Waals surface area (Å²) in [7, 11) is 0. The zero-order chi connectivity index (χ0) is 14.4. The van der Waals surface area contributed by atoms with Crippen molar-refractivity contribution in [3.63, 3.8) is 0 Å². The third-order valence-corrected chi connectivity index (χ3v) is 2.23. The molecule has 1 aromatic rings. The number of guanidine groups is 2. The molecule has 0 heterocycles. The molecule has 0 saturated carbocycles. The van der Waals surface area contributed by atoms with Crippen LogP contribution in [0.2, 0.25) is 0 Å². The van der Waals surface area contributed by atoms with Crippen LogP contribution in [0.25, 0.3) is 0 Å². The molecule has 0 spiro atoms. The van der Waals surface area contributed by atoms with E-state index in [4.69, 9.17) is 37.2 Å². The third-order valence-electron chi connectivity index (χ3n) is 2.23. The van der Waals surface area contributed by atoms with Gasteiger partial charge in [-0.05, 0) is 24.3 Å². The number of nitrogens with one attached hydrogen (secondary N) is 2. The summed E-state index contributed by atoms with van der Waals surface area (Å²) in [6.07, 6.45) is -0.939. The summed E-state index contributed by atoms with van der Waals surface area (Å²) < 4.78 is 5.22. The maximum atomic E-state index is 9.14. The normalized spacial score (nSPS) is 11.7. The number of hydrogen-bond acceptors (Lipinski definition) is 5. The monoisotopic (exact) mass is 267 g/mol. The number of benzene rings is 1. The van der Waals surface area contributed by atoms with Gasteiger partial charge in [0.15, 0.2) is 11.9 Å². The minimum absolute atomic E-state index is 0.0288. The summed E-state index contributed by atoms with van der Waals surface area (Å²) in [6, 6.07) is 6.31. The number of aliphatic hydroxyl groups excluding tert-OH is 2. The van der Waals surface area contributed by atoms with Crippen LogP contribution < -0.4 is 21.1 Å². The number of hydrogen-bond donors (Lipinski definition) is 6. The molecule has 1 aromatic carbocycles. The Morgan fingerprint density at radius 3 is 2.16 bits per heavy atom. The molecule has 0 fully saturated rings. The predicted octanol–water partition coefficient (Wildman–Crippen LogP) is -0.988. The van der Waals surface area contributed by atoms with E-state index in [1.807, 2.05) is 0 Å². The van der Waals surface area contributed by atoms with E-state index in [0.29, 0.717) is 11.4 Å². The van der Waals surface area contributed by atoms with Gasteiger partial charge in [0.25, 0.3) is 0 Å². The van der Waals surface area contributed by atoms with Crippen molar-refractivity contribution in [1.82, 2.24) is 0 Å². The minimum atomic E-state index is -0.939. The van der Waals surface area contributed by atoms with Crippen LogP contribution in [0.15, 0.2) is 24.3 Å². The molecule has 19 heavy (non-hydrogen) atoms. The Bertz CT molecular complexity index is 434. The molecule has 0 unspecified atom stereocenters. The van der Waals surface area contributed by atoms with Crippen molar-refractivity contribution in [2.24, 2.45) is 11.5 Å². The Hall–Kier alpha value is -2.32. The molecule has 1 atom stereocenters. The van der Waals surface area contributed by atoms with Gasteiger partial charge in [0.1, 0.15) is 18.5 Å². The summed E-state index contributed by atoms with van der Waals surface area (Å²) in [5, 5.41) is 32.4. The van der Waals surface area contributed by atoms with E-state index in [1.54, 1.807) is 24.3 Å². The lowest BCUT2D eigenvalue weighted by Gasteiger charge is -2.20. The zero-order valence-corrected chi connectivity index (χ0v) is 10.2. The number of rotatable bonds is 5. The Morgan fingerprint density at radius 2 is 1.74 bits per heavy atom. The minimum Gasteiger partial charge on any atom is -0.491 e. The van der Waals surface area contributed by atoms with Gasteiger partial charge in [-0.1, -0.05) is 0 Å². The summed E-state index contributed by atoms with van der Waals surface area (Å²) >= 11 is 0. The largest absolute Gasteiger partial charge is 0.491 e. The van der Waals surface area contributed by atoms with Crippen molar-refractivity contribution in [1.29, 1.82) is 10.8 Å².